The molecule has 2 N–H and O–H groups in total. The zero-order chi connectivity index (χ0) is 13.2. The smallest absolute Gasteiger partial charge is 0.277 e. The maximum atomic E-state index is 11.3. The van der Waals surface area contributed by atoms with Crippen molar-refractivity contribution in [1.82, 2.24) is 15.1 Å². The van der Waals surface area contributed by atoms with Gasteiger partial charge < -0.3 is 10.3 Å². The number of rotatable bonds is 3. The number of amides is 1. The zero-order valence-electron chi connectivity index (χ0n) is 9.61. The first-order chi connectivity index (χ1) is 9.25. The van der Waals surface area contributed by atoms with E-state index in [2.05, 4.69) is 15.1 Å². The Morgan fingerprint density at radius 2 is 2.05 bits per heavy atom. The van der Waals surface area contributed by atoms with Crippen LogP contribution in [-0.2, 0) is 0 Å². The van der Waals surface area contributed by atoms with Crippen LogP contribution < -0.4 is 5.73 Å². The number of nitrogens with two attached hydrogens (primary N) is 1. The van der Waals surface area contributed by atoms with Gasteiger partial charge in [0.2, 0.25) is 12.2 Å². The van der Waals surface area contributed by atoms with E-state index in [1.807, 2.05) is 30.3 Å². The van der Waals surface area contributed by atoms with Gasteiger partial charge in [-0.2, -0.15) is 4.98 Å². The van der Waals surface area contributed by atoms with Gasteiger partial charge in [0.15, 0.2) is 5.01 Å². The molecule has 7 heteroatoms. The van der Waals surface area contributed by atoms with Gasteiger partial charge in [-0.25, -0.2) is 4.98 Å². The van der Waals surface area contributed by atoms with Crippen LogP contribution in [0.4, 0.5) is 0 Å². The molecule has 0 bridgehead atoms. The summed E-state index contributed by atoms with van der Waals surface area (Å²) in [5.74, 6) is -0.180. The maximum absolute atomic E-state index is 11.3. The minimum atomic E-state index is -0.572. The van der Waals surface area contributed by atoms with Crippen molar-refractivity contribution < 1.29 is 9.32 Å². The molecule has 3 rings (SSSR count). The Balaban J connectivity index is 2.20. The third-order valence-electron chi connectivity index (χ3n) is 2.45. The van der Waals surface area contributed by atoms with Gasteiger partial charge in [0.1, 0.15) is 4.88 Å². The third kappa shape index (κ3) is 2.11. The van der Waals surface area contributed by atoms with E-state index < -0.39 is 5.91 Å². The lowest BCUT2D eigenvalue weighted by Crippen LogP contribution is -2.10. The highest BCUT2D eigenvalue weighted by atomic mass is 32.1. The van der Waals surface area contributed by atoms with Crippen molar-refractivity contribution >= 4 is 17.2 Å². The van der Waals surface area contributed by atoms with Gasteiger partial charge in [0.05, 0.1) is 5.69 Å². The molecule has 0 saturated carbocycles. The highest BCUT2D eigenvalue weighted by Gasteiger charge is 2.20. The first kappa shape index (κ1) is 11.5. The molecule has 0 unspecified atom stereocenters. The lowest BCUT2D eigenvalue weighted by molar-refractivity contribution is 0.1000. The number of aromatic nitrogens is 3. The first-order valence-electron chi connectivity index (χ1n) is 5.38. The molecular weight excluding hydrogens is 264 g/mol. The average Bonchev–Trinajstić information content (AvgIpc) is 3.08. The van der Waals surface area contributed by atoms with Crippen LogP contribution in [0, 0.1) is 0 Å². The second-order valence-corrected chi connectivity index (χ2v) is 4.68. The van der Waals surface area contributed by atoms with Gasteiger partial charge in [0, 0.05) is 5.56 Å². The summed E-state index contributed by atoms with van der Waals surface area (Å²) in [5.41, 5.74) is 6.76. The number of nitrogens with zero attached hydrogens (tertiary/aromatic N) is 3. The molecule has 0 radical (unpaired) electrons. The van der Waals surface area contributed by atoms with Crippen LogP contribution in [0.25, 0.3) is 22.0 Å². The van der Waals surface area contributed by atoms with Gasteiger partial charge >= 0.3 is 0 Å². The van der Waals surface area contributed by atoms with E-state index in [4.69, 9.17) is 10.3 Å². The number of hydrogen-bond acceptors (Lipinski definition) is 6. The van der Waals surface area contributed by atoms with Crippen molar-refractivity contribution in [3.63, 3.8) is 0 Å². The van der Waals surface area contributed by atoms with Gasteiger partial charge in [0.25, 0.3) is 5.91 Å². The van der Waals surface area contributed by atoms with Gasteiger partial charge in [-0.05, 0) is 0 Å². The summed E-state index contributed by atoms with van der Waals surface area (Å²) in [6, 6.07) is 9.46. The molecular formula is C12H8N4O2S. The number of benzene rings is 1. The fourth-order valence-corrected chi connectivity index (χ4v) is 2.51. The van der Waals surface area contributed by atoms with Crippen LogP contribution in [0.2, 0.25) is 0 Å². The third-order valence-corrected chi connectivity index (χ3v) is 3.52. The molecule has 19 heavy (non-hydrogen) atoms. The Morgan fingerprint density at radius 1 is 1.26 bits per heavy atom. The van der Waals surface area contributed by atoms with E-state index in [1.54, 1.807) is 0 Å². The topological polar surface area (TPSA) is 94.9 Å². The fourth-order valence-electron chi connectivity index (χ4n) is 1.64. The summed E-state index contributed by atoms with van der Waals surface area (Å²) < 4.78 is 4.73. The molecule has 0 fully saturated rings. The summed E-state index contributed by atoms with van der Waals surface area (Å²) in [6.45, 7) is 0. The molecule has 2 heterocycles. The van der Waals surface area contributed by atoms with Crippen molar-refractivity contribution in [1.29, 1.82) is 0 Å². The SMILES string of the molecule is NC(=O)c1nc(-c2ccccc2)c(-c2ncon2)s1. The van der Waals surface area contributed by atoms with Crippen LogP contribution in [0.5, 0.6) is 0 Å². The van der Waals surface area contributed by atoms with Gasteiger partial charge in [-0.15, -0.1) is 11.3 Å². The number of primary amides is 1. The van der Waals surface area contributed by atoms with Crippen molar-refractivity contribution in [3.8, 4) is 22.0 Å². The largest absolute Gasteiger partial charge is 0.364 e. The van der Waals surface area contributed by atoms with E-state index in [-0.39, 0.29) is 5.01 Å². The number of hydrogen-bond donors (Lipinski definition) is 1. The molecule has 0 aliphatic carbocycles. The van der Waals surface area contributed by atoms with Crippen LogP contribution in [0.1, 0.15) is 9.80 Å². The summed E-state index contributed by atoms with van der Waals surface area (Å²) in [5, 5.41) is 4.00. The Kier molecular flexibility index (Phi) is 2.81. The minimum Gasteiger partial charge on any atom is -0.364 e. The molecule has 0 spiro atoms. The lowest BCUT2D eigenvalue weighted by atomic mass is 10.1. The normalized spacial score (nSPS) is 10.5. The van der Waals surface area contributed by atoms with Crippen LogP contribution in [0.3, 0.4) is 0 Å². The van der Waals surface area contributed by atoms with E-state index in [9.17, 15) is 4.79 Å². The highest BCUT2D eigenvalue weighted by molar-refractivity contribution is 7.17. The predicted octanol–water partition coefficient (Wildman–Crippen LogP) is 1.96. The van der Waals surface area contributed by atoms with Crippen LogP contribution in [-0.4, -0.2) is 21.0 Å². The minimum absolute atomic E-state index is 0.221. The Bertz CT molecular complexity index is 707. The molecule has 0 aliphatic heterocycles. The van der Waals surface area contributed by atoms with Crippen LogP contribution >= 0.6 is 11.3 Å². The Labute approximate surface area is 111 Å². The number of thiazole rings is 1. The van der Waals surface area contributed by atoms with Crippen LogP contribution in [0.15, 0.2) is 41.2 Å². The molecule has 2 aromatic heterocycles. The fraction of sp³-hybridized carbons (Fsp3) is 0. The highest BCUT2D eigenvalue weighted by Crippen LogP contribution is 2.34. The van der Waals surface area contributed by atoms with E-state index in [0.717, 1.165) is 16.9 Å². The zero-order valence-corrected chi connectivity index (χ0v) is 10.4. The Morgan fingerprint density at radius 3 is 2.68 bits per heavy atom. The monoisotopic (exact) mass is 272 g/mol. The van der Waals surface area contributed by atoms with E-state index >= 15 is 0 Å². The molecule has 1 amide bonds. The number of carbonyl (C=O) groups excluding carboxylic acids is 1. The van der Waals surface area contributed by atoms with E-state index in [1.165, 1.54) is 6.39 Å². The van der Waals surface area contributed by atoms with Crippen molar-refractivity contribution in [2.75, 3.05) is 0 Å². The Hall–Kier alpha value is -2.54. The number of carbonyl (C=O) groups is 1. The molecule has 0 aliphatic rings. The summed E-state index contributed by atoms with van der Waals surface area (Å²) in [7, 11) is 0. The second kappa shape index (κ2) is 4.62. The van der Waals surface area contributed by atoms with Crippen molar-refractivity contribution in [2.45, 2.75) is 0 Å². The molecule has 6 nitrogen and oxygen atoms in total. The second-order valence-electron chi connectivity index (χ2n) is 3.68. The van der Waals surface area contributed by atoms with Crippen molar-refractivity contribution in [3.05, 3.63) is 41.7 Å². The molecule has 0 atom stereocenters. The molecule has 1 aromatic carbocycles. The molecule has 3 aromatic rings. The summed E-state index contributed by atoms with van der Waals surface area (Å²) >= 11 is 1.15. The summed E-state index contributed by atoms with van der Waals surface area (Å²) in [4.78, 5) is 20.2. The summed E-state index contributed by atoms with van der Waals surface area (Å²) in [6.07, 6.45) is 1.23. The maximum Gasteiger partial charge on any atom is 0.277 e. The quantitative estimate of drug-likeness (QED) is 0.786. The van der Waals surface area contributed by atoms with Gasteiger partial charge in [-0.1, -0.05) is 35.5 Å². The molecule has 94 valence electrons. The van der Waals surface area contributed by atoms with Gasteiger partial charge in [-0.3, -0.25) is 4.79 Å². The average molecular weight is 272 g/mol. The lowest BCUT2D eigenvalue weighted by Gasteiger charge is -1.97. The predicted molar refractivity (Wildman–Crippen MR) is 69.4 cm³/mol. The first-order valence-corrected chi connectivity index (χ1v) is 6.20. The van der Waals surface area contributed by atoms with Crippen molar-refractivity contribution in [2.24, 2.45) is 5.73 Å². The van der Waals surface area contributed by atoms with E-state index in [0.29, 0.717) is 16.4 Å². The molecule has 0 saturated heterocycles. The standard InChI is InChI=1S/C12H8N4O2S/c13-10(17)12-15-8(7-4-2-1-3-5-7)9(19-12)11-14-6-18-16-11/h1-6H,(H2,13,17).